The van der Waals surface area contributed by atoms with Gasteiger partial charge in [-0.1, -0.05) is 18.2 Å². The maximum atomic E-state index is 11.7. The Kier molecular flexibility index (Phi) is 5.39. The van der Waals surface area contributed by atoms with E-state index >= 15 is 0 Å². The lowest BCUT2D eigenvalue weighted by Crippen LogP contribution is -2.36. The van der Waals surface area contributed by atoms with Gasteiger partial charge in [0, 0.05) is 25.2 Å². The second kappa shape index (κ2) is 7.28. The molecule has 6 heteroatoms. The van der Waals surface area contributed by atoms with Gasteiger partial charge in [0.2, 0.25) is 0 Å². The van der Waals surface area contributed by atoms with Gasteiger partial charge >= 0.3 is 6.09 Å². The summed E-state index contributed by atoms with van der Waals surface area (Å²) in [5.41, 5.74) is 7.28. The summed E-state index contributed by atoms with van der Waals surface area (Å²) >= 11 is 0. The summed E-state index contributed by atoms with van der Waals surface area (Å²) in [7, 11) is 0. The summed E-state index contributed by atoms with van der Waals surface area (Å²) in [4.78, 5) is 11.7. The minimum Gasteiger partial charge on any atom is -0.444 e. The van der Waals surface area contributed by atoms with Crippen LogP contribution < -0.4 is 11.1 Å². The number of amides is 1. The van der Waals surface area contributed by atoms with E-state index in [9.17, 15) is 4.79 Å². The first-order valence-electron chi connectivity index (χ1n) is 7.66. The summed E-state index contributed by atoms with van der Waals surface area (Å²) in [5.74, 6) is -0.0139. The van der Waals surface area contributed by atoms with Gasteiger partial charge in [-0.2, -0.15) is 5.10 Å². The summed E-state index contributed by atoms with van der Waals surface area (Å²) < 4.78 is 7.03. The average Bonchev–Trinajstić information content (AvgIpc) is 2.97. The number of ether oxygens (including phenoxy) is 1. The molecule has 1 amide bonds. The Hall–Kier alpha value is -2.34. The molecule has 2 aromatic rings. The van der Waals surface area contributed by atoms with Crippen LogP contribution in [0.1, 0.15) is 32.3 Å². The fourth-order valence-corrected chi connectivity index (χ4v) is 2.13. The van der Waals surface area contributed by atoms with Crippen molar-refractivity contribution in [3.63, 3.8) is 0 Å². The first-order valence-corrected chi connectivity index (χ1v) is 7.66. The van der Waals surface area contributed by atoms with Crippen molar-refractivity contribution in [2.24, 2.45) is 5.73 Å². The third kappa shape index (κ3) is 5.10. The molecule has 0 aliphatic heterocycles. The third-order valence-electron chi connectivity index (χ3n) is 3.27. The lowest BCUT2D eigenvalue weighted by molar-refractivity contribution is 0.0525. The number of aromatic nitrogens is 2. The van der Waals surface area contributed by atoms with E-state index in [-0.39, 0.29) is 5.92 Å². The normalized spacial score (nSPS) is 12.7. The molecule has 1 unspecified atom stereocenters. The molecular weight excluding hydrogens is 292 g/mol. The third-order valence-corrected chi connectivity index (χ3v) is 3.27. The molecular formula is C17H24N4O2. The van der Waals surface area contributed by atoms with Gasteiger partial charge in [-0.3, -0.25) is 0 Å². The van der Waals surface area contributed by atoms with E-state index in [0.717, 1.165) is 11.3 Å². The molecule has 124 valence electrons. The Morgan fingerprint density at radius 2 is 2.04 bits per heavy atom. The van der Waals surface area contributed by atoms with Crippen molar-refractivity contribution in [2.75, 3.05) is 13.1 Å². The molecule has 1 aromatic heterocycles. The van der Waals surface area contributed by atoms with Crippen LogP contribution in [0.25, 0.3) is 5.69 Å². The Morgan fingerprint density at radius 3 is 2.65 bits per heavy atom. The fraction of sp³-hybridized carbons (Fsp3) is 0.412. The van der Waals surface area contributed by atoms with Gasteiger partial charge in [-0.15, -0.1) is 0 Å². The van der Waals surface area contributed by atoms with Crippen molar-refractivity contribution >= 4 is 6.09 Å². The fourth-order valence-electron chi connectivity index (χ4n) is 2.13. The molecule has 0 fully saturated rings. The van der Waals surface area contributed by atoms with E-state index < -0.39 is 11.7 Å². The Labute approximate surface area is 136 Å². The molecule has 1 aromatic carbocycles. The maximum Gasteiger partial charge on any atom is 0.407 e. The highest BCUT2D eigenvalue weighted by molar-refractivity contribution is 5.67. The van der Waals surface area contributed by atoms with Crippen molar-refractivity contribution in [2.45, 2.75) is 32.3 Å². The molecule has 0 saturated heterocycles. The van der Waals surface area contributed by atoms with E-state index in [0.29, 0.717) is 13.1 Å². The monoisotopic (exact) mass is 316 g/mol. The number of nitrogens with one attached hydrogen (secondary N) is 1. The molecule has 1 atom stereocenters. The molecule has 6 nitrogen and oxygen atoms in total. The van der Waals surface area contributed by atoms with Gasteiger partial charge in [-0.05, 0) is 38.5 Å². The standard InChI is InChI=1S/C17H24N4O2/c1-17(2,3)23-16(22)19-10-13(9-18)14-11-20-21(12-14)15-7-5-4-6-8-15/h4-8,11-13H,9-10,18H2,1-3H3,(H,19,22). The number of carbonyl (C=O) groups excluding carboxylic acids is 1. The van der Waals surface area contributed by atoms with Crippen LogP contribution in [0.3, 0.4) is 0 Å². The predicted molar refractivity (Wildman–Crippen MR) is 89.6 cm³/mol. The Morgan fingerprint density at radius 1 is 1.35 bits per heavy atom. The summed E-state index contributed by atoms with van der Waals surface area (Å²) in [6, 6.07) is 9.84. The van der Waals surface area contributed by atoms with E-state index in [1.54, 1.807) is 10.9 Å². The highest BCUT2D eigenvalue weighted by Gasteiger charge is 2.18. The summed E-state index contributed by atoms with van der Waals surface area (Å²) in [5, 5.41) is 7.12. The molecule has 0 spiro atoms. The molecule has 0 bridgehead atoms. The van der Waals surface area contributed by atoms with Crippen LogP contribution in [0.2, 0.25) is 0 Å². The van der Waals surface area contributed by atoms with Crippen LogP contribution in [0.5, 0.6) is 0 Å². The second-order valence-electron chi connectivity index (χ2n) is 6.37. The number of benzene rings is 1. The van der Waals surface area contributed by atoms with Gasteiger partial charge in [0.1, 0.15) is 5.60 Å². The summed E-state index contributed by atoms with van der Waals surface area (Å²) in [6.45, 7) is 6.31. The van der Waals surface area contributed by atoms with Crippen LogP contribution in [0.4, 0.5) is 4.79 Å². The van der Waals surface area contributed by atoms with Gasteiger partial charge in [-0.25, -0.2) is 9.48 Å². The number of rotatable bonds is 5. The van der Waals surface area contributed by atoms with Crippen molar-refractivity contribution in [3.05, 3.63) is 48.3 Å². The molecule has 0 aliphatic carbocycles. The molecule has 0 radical (unpaired) electrons. The molecule has 1 heterocycles. The lowest BCUT2D eigenvalue weighted by Gasteiger charge is -2.21. The highest BCUT2D eigenvalue weighted by Crippen LogP contribution is 2.16. The van der Waals surface area contributed by atoms with E-state index in [4.69, 9.17) is 10.5 Å². The van der Waals surface area contributed by atoms with Gasteiger partial charge in [0.25, 0.3) is 0 Å². The average molecular weight is 316 g/mol. The Balaban J connectivity index is 1.99. The number of carbonyl (C=O) groups is 1. The maximum absolute atomic E-state index is 11.7. The number of nitrogens with zero attached hydrogens (tertiary/aromatic N) is 2. The van der Waals surface area contributed by atoms with Crippen LogP contribution in [-0.4, -0.2) is 34.6 Å². The highest BCUT2D eigenvalue weighted by atomic mass is 16.6. The van der Waals surface area contributed by atoms with Gasteiger partial charge in [0.05, 0.1) is 11.9 Å². The van der Waals surface area contributed by atoms with Crippen LogP contribution in [0.15, 0.2) is 42.7 Å². The molecule has 0 saturated carbocycles. The van der Waals surface area contributed by atoms with Crippen molar-refractivity contribution in [1.29, 1.82) is 0 Å². The predicted octanol–water partition coefficient (Wildman–Crippen LogP) is 2.44. The molecule has 2 rings (SSSR count). The van der Waals surface area contributed by atoms with E-state index in [1.807, 2.05) is 57.3 Å². The van der Waals surface area contributed by atoms with Crippen LogP contribution in [0, 0.1) is 0 Å². The van der Waals surface area contributed by atoms with Gasteiger partial charge < -0.3 is 15.8 Å². The largest absolute Gasteiger partial charge is 0.444 e. The van der Waals surface area contributed by atoms with Crippen LogP contribution >= 0.6 is 0 Å². The zero-order valence-electron chi connectivity index (χ0n) is 13.8. The number of alkyl carbamates (subject to hydrolysis) is 1. The topological polar surface area (TPSA) is 82.2 Å². The number of nitrogens with two attached hydrogens (primary N) is 1. The number of hydrogen-bond acceptors (Lipinski definition) is 4. The molecule has 3 N–H and O–H groups in total. The minimum absolute atomic E-state index is 0.0139. The first-order chi connectivity index (χ1) is 10.9. The smallest absolute Gasteiger partial charge is 0.407 e. The van der Waals surface area contributed by atoms with Gasteiger partial charge in [0.15, 0.2) is 0 Å². The molecule has 23 heavy (non-hydrogen) atoms. The number of para-hydroxylation sites is 1. The van der Waals surface area contributed by atoms with E-state index in [2.05, 4.69) is 10.4 Å². The lowest BCUT2D eigenvalue weighted by atomic mass is 10.0. The zero-order valence-corrected chi connectivity index (χ0v) is 13.8. The van der Waals surface area contributed by atoms with Crippen molar-refractivity contribution < 1.29 is 9.53 Å². The van der Waals surface area contributed by atoms with Crippen LogP contribution in [-0.2, 0) is 4.74 Å². The first kappa shape index (κ1) is 17.0. The molecule has 0 aliphatic rings. The number of hydrogen-bond donors (Lipinski definition) is 2. The van der Waals surface area contributed by atoms with Crippen molar-refractivity contribution in [1.82, 2.24) is 15.1 Å². The van der Waals surface area contributed by atoms with E-state index in [1.165, 1.54) is 0 Å². The SMILES string of the molecule is CC(C)(C)OC(=O)NCC(CN)c1cnn(-c2ccccc2)c1. The minimum atomic E-state index is -0.513. The Bertz CT molecular complexity index is 632. The quantitative estimate of drug-likeness (QED) is 0.887. The second-order valence-corrected chi connectivity index (χ2v) is 6.37. The summed E-state index contributed by atoms with van der Waals surface area (Å²) in [6.07, 6.45) is 3.27. The zero-order chi connectivity index (χ0) is 16.9. The van der Waals surface area contributed by atoms with Crippen molar-refractivity contribution in [3.8, 4) is 5.69 Å².